The molecule has 0 aromatic heterocycles. The maximum atomic E-state index is 14.0. The lowest BCUT2D eigenvalue weighted by Crippen LogP contribution is -2.40. The normalized spacial score (nSPS) is 21.6. The zero-order chi connectivity index (χ0) is 24.6. The van der Waals surface area contributed by atoms with Gasteiger partial charge in [0.1, 0.15) is 15.7 Å². The predicted molar refractivity (Wildman–Crippen MR) is 151 cm³/mol. The fourth-order valence-corrected chi connectivity index (χ4v) is 7.72. The van der Waals surface area contributed by atoms with Gasteiger partial charge in [-0.1, -0.05) is 61.4 Å². The number of hydrogen-bond donors (Lipinski definition) is 0. The second kappa shape index (κ2) is 9.87. The summed E-state index contributed by atoms with van der Waals surface area (Å²) in [6.45, 7) is 2.91. The van der Waals surface area contributed by atoms with Crippen molar-refractivity contribution in [1.29, 1.82) is 0 Å². The van der Waals surface area contributed by atoms with E-state index >= 15 is 0 Å². The number of ether oxygens (including phenoxy) is 1. The third-order valence-electron chi connectivity index (χ3n) is 7.13. The fraction of sp³-hybridized carbons (Fsp3) is 0.310. The molecule has 0 atom stereocenters. The molecule has 0 N–H and O–H groups in total. The highest BCUT2D eigenvalue weighted by atomic mass is 32.2. The molecule has 3 aromatic carbocycles. The van der Waals surface area contributed by atoms with Gasteiger partial charge in [-0.2, -0.15) is 0 Å². The summed E-state index contributed by atoms with van der Waals surface area (Å²) in [7, 11) is 1.69. The van der Waals surface area contributed by atoms with Crippen LogP contribution in [-0.4, -0.2) is 35.7 Å². The molecular weight excluding hydrogens is 486 g/mol. The van der Waals surface area contributed by atoms with E-state index in [1.807, 2.05) is 17.0 Å². The predicted octanol–water partition coefficient (Wildman–Crippen LogP) is 7.55. The van der Waals surface area contributed by atoms with Gasteiger partial charge in [0.15, 0.2) is 5.17 Å². The van der Waals surface area contributed by atoms with Gasteiger partial charge < -0.3 is 9.64 Å². The van der Waals surface area contributed by atoms with Crippen LogP contribution in [0.1, 0.15) is 39.0 Å². The van der Waals surface area contributed by atoms with Crippen molar-refractivity contribution in [2.45, 2.75) is 50.0 Å². The standard InChI is InChI=1S/C29H29N3O2S2/c1-3-31-24-18-23(34-2)15-16-25(24)35-28(31)26-27(33)32(22-11-5-4-6-12-22)29(36-26)30-21-14-13-19-9-7-8-10-20(19)17-21/h7-10,13-18,22H,3-6,11-12H2,1-2H3. The molecule has 7 heteroatoms. The third-order valence-corrected chi connectivity index (χ3v) is 9.48. The maximum absolute atomic E-state index is 14.0. The Morgan fingerprint density at radius 1 is 0.972 bits per heavy atom. The first kappa shape index (κ1) is 23.5. The average molecular weight is 516 g/mol. The maximum Gasteiger partial charge on any atom is 0.269 e. The molecule has 1 aliphatic carbocycles. The number of fused-ring (bicyclic) bond motifs is 2. The summed E-state index contributed by atoms with van der Waals surface area (Å²) in [4.78, 5) is 25.3. The highest BCUT2D eigenvalue weighted by molar-refractivity contribution is 8.19. The summed E-state index contributed by atoms with van der Waals surface area (Å²) in [5.74, 6) is 0.916. The Bertz CT molecular complexity index is 1390. The largest absolute Gasteiger partial charge is 0.497 e. The zero-order valence-electron chi connectivity index (χ0n) is 20.6. The zero-order valence-corrected chi connectivity index (χ0v) is 22.2. The van der Waals surface area contributed by atoms with Gasteiger partial charge in [-0.3, -0.25) is 9.69 Å². The fourth-order valence-electron chi connectivity index (χ4n) is 5.28. The Kier molecular flexibility index (Phi) is 6.44. The third kappa shape index (κ3) is 4.18. The molecule has 1 saturated carbocycles. The van der Waals surface area contributed by atoms with Crippen molar-refractivity contribution in [3.63, 3.8) is 0 Å². The molecule has 0 bridgehead atoms. The summed E-state index contributed by atoms with van der Waals surface area (Å²) >= 11 is 3.20. The minimum atomic E-state index is 0.0900. The molecule has 6 rings (SSSR count). The average Bonchev–Trinajstić information content (AvgIpc) is 3.45. The summed E-state index contributed by atoms with van der Waals surface area (Å²) in [6, 6.07) is 20.9. The number of methoxy groups -OCH3 is 1. The number of amides is 1. The van der Waals surface area contributed by atoms with Gasteiger partial charge in [-0.25, -0.2) is 4.99 Å². The van der Waals surface area contributed by atoms with Crippen molar-refractivity contribution in [2.75, 3.05) is 18.6 Å². The first-order valence-corrected chi connectivity index (χ1v) is 14.3. The van der Waals surface area contributed by atoms with E-state index < -0.39 is 0 Å². The number of carbonyl (C=O) groups is 1. The monoisotopic (exact) mass is 515 g/mol. The van der Waals surface area contributed by atoms with E-state index in [2.05, 4.69) is 60.4 Å². The molecule has 2 fully saturated rings. The van der Waals surface area contributed by atoms with Crippen molar-refractivity contribution >= 4 is 56.7 Å². The van der Waals surface area contributed by atoms with Crippen LogP contribution >= 0.6 is 23.5 Å². The topological polar surface area (TPSA) is 45.1 Å². The number of nitrogens with zero attached hydrogens (tertiary/aromatic N) is 3. The van der Waals surface area contributed by atoms with Crippen LogP contribution in [-0.2, 0) is 4.79 Å². The van der Waals surface area contributed by atoms with Gasteiger partial charge in [0.25, 0.3) is 5.91 Å². The van der Waals surface area contributed by atoms with Gasteiger partial charge in [0.05, 0.1) is 18.5 Å². The van der Waals surface area contributed by atoms with E-state index in [0.717, 1.165) is 74.7 Å². The number of amidine groups is 1. The van der Waals surface area contributed by atoms with Crippen LogP contribution in [0.25, 0.3) is 10.8 Å². The number of benzene rings is 3. The van der Waals surface area contributed by atoms with Crippen molar-refractivity contribution in [1.82, 2.24) is 4.90 Å². The molecule has 2 aliphatic heterocycles. The second-order valence-corrected chi connectivity index (χ2v) is 11.3. The van der Waals surface area contributed by atoms with E-state index in [1.54, 1.807) is 18.9 Å². The van der Waals surface area contributed by atoms with Crippen LogP contribution in [0, 0.1) is 0 Å². The first-order chi connectivity index (χ1) is 17.7. The highest BCUT2D eigenvalue weighted by Crippen LogP contribution is 2.52. The second-order valence-electron chi connectivity index (χ2n) is 9.31. The Morgan fingerprint density at radius 2 is 1.78 bits per heavy atom. The lowest BCUT2D eigenvalue weighted by molar-refractivity contribution is -0.124. The molecule has 184 valence electrons. The molecule has 36 heavy (non-hydrogen) atoms. The van der Waals surface area contributed by atoms with Crippen molar-refractivity contribution in [2.24, 2.45) is 4.99 Å². The number of aliphatic imine (C=N–C) groups is 1. The minimum absolute atomic E-state index is 0.0900. The van der Waals surface area contributed by atoms with Crippen LogP contribution in [0.2, 0.25) is 0 Å². The lowest BCUT2D eigenvalue weighted by atomic mass is 9.94. The number of thioether (sulfide) groups is 2. The molecule has 3 aliphatic rings. The number of hydrogen-bond acceptors (Lipinski definition) is 6. The Hall–Kier alpha value is -2.90. The number of carbonyl (C=O) groups excluding carboxylic acids is 1. The van der Waals surface area contributed by atoms with Crippen LogP contribution in [0.3, 0.4) is 0 Å². The Balaban J connectivity index is 1.42. The van der Waals surface area contributed by atoms with Gasteiger partial charge in [0.2, 0.25) is 0 Å². The highest BCUT2D eigenvalue weighted by Gasteiger charge is 2.43. The van der Waals surface area contributed by atoms with Crippen LogP contribution in [0.4, 0.5) is 11.4 Å². The smallest absolute Gasteiger partial charge is 0.269 e. The van der Waals surface area contributed by atoms with E-state index in [1.165, 1.54) is 23.6 Å². The molecule has 5 nitrogen and oxygen atoms in total. The van der Waals surface area contributed by atoms with Crippen LogP contribution in [0.15, 0.2) is 80.5 Å². The van der Waals surface area contributed by atoms with Crippen LogP contribution < -0.4 is 9.64 Å². The first-order valence-electron chi connectivity index (χ1n) is 12.6. The quantitative estimate of drug-likeness (QED) is 0.336. The summed E-state index contributed by atoms with van der Waals surface area (Å²) in [6.07, 6.45) is 5.64. The summed E-state index contributed by atoms with van der Waals surface area (Å²) in [5.41, 5.74) is 1.98. The van der Waals surface area contributed by atoms with Gasteiger partial charge in [-0.15, -0.1) is 0 Å². The molecule has 0 unspecified atom stereocenters. The van der Waals surface area contributed by atoms with E-state index in [9.17, 15) is 4.79 Å². The van der Waals surface area contributed by atoms with Gasteiger partial charge >= 0.3 is 0 Å². The van der Waals surface area contributed by atoms with E-state index in [-0.39, 0.29) is 11.9 Å². The van der Waals surface area contributed by atoms with Gasteiger partial charge in [-0.05, 0) is 66.6 Å². The molecular formula is C29H29N3O2S2. The van der Waals surface area contributed by atoms with Crippen molar-refractivity contribution in [3.05, 3.63) is 70.6 Å². The van der Waals surface area contributed by atoms with Crippen molar-refractivity contribution in [3.8, 4) is 5.75 Å². The Morgan fingerprint density at radius 3 is 2.56 bits per heavy atom. The molecule has 1 amide bonds. The summed E-state index contributed by atoms with van der Waals surface area (Å²) < 4.78 is 5.47. The summed E-state index contributed by atoms with van der Waals surface area (Å²) in [5, 5.41) is 4.15. The minimum Gasteiger partial charge on any atom is -0.497 e. The van der Waals surface area contributed by atoms with E-state index in [0.29, 0.717) is 0 Å². The van der Waals surface area contributed by atoms with Gasteiger partial charge in [0, 0.05) is 23.5 Å². The molecule has 1 saturated heterocycles. The molecule has 0 radical (unpaired) electrons. The molecule has 0 spiro atoms. The molecule has 2 heterocycles. The van der Waals surface area contributed by atoms with Crippen molar-refractivity contribution < 1.29 is 9.53 Å². The van der Waals surface area contributed by atoms with E-state index in [4.69, 9.17) is 9.73 Å². The number of anilines is 1. The van der Waals surface area contributed by atoms with Crippen LogP contribution in [0.5, 0.6) is 5.75 Å². The SMILES string of the molecule is CCN1C(=C2SC(=Nc3ccc4ccccc4c3)N(C3CCCCC3)C2=O)Sc2ccc(OC)cc21. The number of rotatable bonds is 4. The Labute approximate surface area is 220 Å². The lowest BCUT2D eigenvalue weighted by Gasteiger charge is -2.30. The molecule has 3 aromatic rings.